The number of ether oxygens (including phenoxy) is 2. The number of hydrogen-bond acceptors (Lipinski definition) is 6. The molecule has 1 atom stereocenters. The van der Waals surface area contributed by atoms with Crippen LogP contribution >= 0.6 is 0 Å². The Balaban J connectivity index is 1.66. The van der Waals surface area contributed by atoms with Gasteiger partial charge in [0.05, 0.1) is 42.5 Å². The van der Waals surface area contributed by atoms with Crippen molar-refractivity contribution in [3.63, 3.8) is 0 Å². The third-order valence-electron chi connectivity index (χ3n) is 6.24. The van der Waals surface area contributed by atoms with E-state index in [-0.39, 0.29) is 60.9 Å². The third kappa shape index (κ3) is 5.44. The number of rotatable bonds is 9. The molecule has 4 rings (SSSR count). The molecule has 1 amide bonds. The zero-order chi connectivity index (χ0) is 26.3. The Morgan fingerprint density at radius 3 is 2.47 bits per heavy atom. The standard InChI is InChI=1S/C24H27F5N4O3/c1-12(14-5-4-6-15(19(14)25)23(3,28)29)30-20-18(21-35-9-10-36-21)16(31-13(2)32-20)11-17(34)33-24(7-8-24)22(26)27/h4-6,12,21-22H,7-11H2,1-3H3,(H,33,34)(H,30,31,32)/t12-/m1/s1. The van der Waals surface area contributed by atoms with Gasteiger partial charge in [0, 0.05) is 12.5 Å². The first-order chi connectivity index (χ1) is 16.9. The van der Waals surface area contributed by atoms with E-state index in [2.05, 4.69) is 20.6 Å². The van der Waals surface area contributed by atoms with Gasteiger partial charge in [-0.1, -0.05) is 18.2 Å². The van der Waals surface area contributed by atoms with E-state index in [1.807, 2.05) is 0 Å². The minimum atomic E-state index is -3.38. The molecule has 2 aromatic rings. The summed E-state index contributed by atoms with van der Waals surface area (Å²) in [6.45, 7) is 4.27. The van der Waals surface area contributed by atoms with Crippen LogP contribution in [0.15, 0.2) is 18.2 Å². The van der Waals surface area contributed by atoms with Crippen molar-refractivity contribution in [2.45, 2.75) is 70.3 Å². The van der Waals surface area contributed by atoms with E-state index >= 15 is 0 Å². The molecule has 2 N–H and O–H groups in total. The molecule has 1 aromatic heterocycles. The molecule has 2 fully saturated rings. The molecule has 2 heterocycles. The molecule has 1 saturated heterocycles. The number of hydrogen-bond donors (Lipinski definition) is 2. The average Bonchev–Trinajstić information content (AvgIpc) is 3.35. The van der Waals surface area contributed by atoms with Crippen LogP contribution < -0.4 is 10.6 Å². The maximum Gasteiger partial charge on any atom is 0.273 e. The number of nitrogens with zero attached hydrogens (tertiary/aromatic N) is 2. The van der Waals surface area contributed by atoms with Gasteiger partial charge in [-0.15, -0.1) is 0 Å². The predicted octanol–water partition coefficient (Wildman–Crippen LogP) is 4.71. The lowest BCUT2D eigenvalue weighted by Crippen LogP contribution is -2.43. The predicted molar refractivity (Wildman–Crippen MR) is 119 cm³/mol. The van der Waals surface area contributed by atoms with Crippen LogP contribution in [0.5, 0.6) is 0 Å². The highest BCUT2D eigenvalue weighted by Crippen LogP contribution is 2.41. The summed E-state index contributed by atoms with van der Waals surface area (Å²) in [4.78, 5) is 21.3. The molecule has 1 aliphatic heterocycles. The molecule has 196 valence electrons. The topological polar surface area (TPSA) is 85.4 Å². The zero-order valence-electron chi connectivity index (χ0n) is 20.0. The largest absolute Gasteiger partial charge is 0.363 e. The van der Waals surface area contributed by atoms with E-state index in [0.717, 1.165) is 6.07 Å². The van der Waals surface area contributed by atoms with Gasteiger partial charge in [0.1, 0.15) is 23.0 Å². The van der Waals surface area contributed by atoms with Crippen molar-refractivity contribution in [3.8, 4) is 0 Å². The van der Waals surface area contributed by atoms with Gasteiger partial charge in [0.2, 0.25) is 5.91 Å². The van der Waals surface area contributed by atoms with E-state index in [0.29, 0.717) is 6.92 Å². The monoisotopic (exact) mass is 514 g/mol. The molecule has 12 heteroatoms. The lowest BCUT2D eigenvalue weighted by molar-refractivity contribution is -0.122. The minimum absolute atomic E-state index is 0.0172. The molecule has 7 nitrogen and oxygen atoms in total. The van der Waals surface area contributed by atoms with Gasteiger partial charge in [-0.3, -0.25) is 4.79 Å². The van der Waals surface area contributed by atoms with Crippen molar-refractivity contribution < 1.29 is 36.2 Å². The molecule has 1 saturated carbocycles. The summed E-state index contributed by atoms with van der Waals surface area (Å²) in [7, 11) is 0. The average molecular weight is 514 g/mol. The number of alkyl halides is 4. The molecule has 0 radical (unpaired) electrons. The first kappa shape index (κ1) is 26.2. The SMILES string of the molecule is Cc1nc(CC(=O)NC2(C(F)F)CC2)c(C2OCCO2)c(N[C@H](C)c2cccc(C(C)(F)F)c2F)n1. The lowest BCUT2D eigenvalue weighted by atomic mass is 10.0. The molecule has 36 heavy (non-hydrogen) atoms. The highest BCUT2D eigenvalue weighted by atomic mass is 19.3. The molecule has 1 aromatic carbocycles. The van der Waals surface area contributed by atoms with Crippen LogP contribution in [0.3, 0.4) is 0 Å². The number of benzene rings is 1. The Morgan fingerprint density at radius 1 is 1.22 bits per heavy atom. The third-order valence-corrected chi connectivity index (χ3v) is 6.24. The molecule has 0 spiro atoms. The minimum Gasteiger partial charge on any atom is -0.363 e. The smallest absolute Gasteiger partial charge is 0.273 e. The Bertz CT molecular complexity index is 1130. The fourth-order valence-corrected chi connectivity index (χ4v) is 4.17. The van der Waals surface area contributed by atoms with Crippen LogP contribution in [0, 0.1) is 12.7 Å². The molecule has 2 aliphatic rings. The molecular weight excluding hydrogens is 487 g/mol. The molecule has 1 aliphatic carbocycles. The van der Waals surface area contributed by atoms with E-state index in [9.17, 15) is 26.7 Å². The summed E-state index contributed by atoms with van der Waals surface area (Å²) in [6, 6.07) is 2.92. The first-order valence-corrected chi connectivity index (χ1v) is 11.5. The van der Waals surface area contributed by atoms with E-state index in [1.165, 1.54) is 12.1 Å². The van der Waals surface area contributed by atoms with Crippen molar-refractivity contribution in [2.24, 2.45) is 0 Å². The van der Waals surface area contributed by atoms with Crippen molar-refractivity contribution in [1.82, 2.24) is 15.3 Å². The van der Waals surface area contributed by atoms with Gasteiger partial charge in [-0.05, 0) is 26.7 Å². The summed E-state index contributed by atoms with van der Waals surface area (Å²) in [6.07, 6.45) is -3.61. The lowest BCUT2D eigenvalue weighted by Gasteiger charge is -2.24. The highest BCUT2D eigenvalue weighted by molar-refractivity contribution is 5.80. The van der Waals surface area contributed by atoms with Crippen molar-refractivity contribution in [2.75, 3.05) is 18.5 Å². The van der Waals surface area contributed by atoms with Crippen molar-refractivity contribution >= 4 is 11.7 Å². The number of anilines is 1. The van der Waals surface area contributed by atoms with Crippen LogP contribution in [0.1, 0.15) is 67.2 Å². The molecular formula is C24H27F5N4O3. The van der Waals surface area contributed by atoms with Gasteiger partial charge < -0.3 is 20.1 Å². The Hall–Kier alpha value is -2.86. The first-order valence-electron chi connectivity index (χ1n) is 11.5. The summed E-state index contributed by atoms with van der Waals surface area (Å²) in [5, 5.41) is 5.40. The maximum atomic E-state index is 15.0. The van der Waals surface area contributed by atoms with E-state index in [4.69, 9.17) is 9.47 Å². The zero-order valence-corrected chi connectivity index (χ0v) is 20.0. The van der Waals surface area contributed by atoms with E-state index < -0.39 is 47.5 Å². The number of nitrogens with one attached hydrogen (secondary N) is 2. The fraction of sp³-hybridized carbons (Fsp3) is 0.542. The van der Waals surface area contributed by atoms with Gasteiger partial charge in [0.15, 0.2) is 6.29 Å². The van der Waals surface area contributed by atoms with Crippen molar-refractivity contribution in [3.05, 3.63) is 52.2 Å². The highest BCUT2D eigenvalue weighted by Gasteiger charge is 2.52. The number of carbonyl (C=O) groups excluding carboxylic acids is 1. The van der Waals surface area contributed by atoms with Gasteiger partial charge >= 0.3 is 0 Å². The number of carbonyl (C=O) groups is 1. The normalized spacial score (nSPS) is 18.4. The number of aromatic nitrogens is 2. The second kappa shape index (κ2) is 9.89. The van der Waals surface area contributed by atoms with Gasteiger partial charge in [-0.2, -0.15) is 0 Å². The van der Waals surface area contributed by atoms with E-state index in [1.54, 1.807) is 13.8 Å². The number of halogens is 5. The van der Waals surface area contributed by atoms with Gasteiger partial charge in [-0.25, -0.2) is 31.9 Å². The Kier molecular flexibility index (Phi) is 7.20. The van der Waals surface area contributed by atoms with Gasteiger partial charge in [0.25, 0.3) is 12.3 Å². The summed E-state index contributed by atoms with van der Waals surface area (Å²) >= 11 is 0. The summed E-state index contributed by atoms with van der Waals surface area (Å²) < 4.78 is 80.5. The maximum absolute atomic E-state index is 15.0. The number of aryl methyl sites for hydroxylation is 1. The van der Waals surface area contributed by atoms with Crippen LogP contribution in [-0.4, -0.2) is 41.1 Å². The summed E-state index contributed by atoms with van der Waals surface area (Å²) in [5.41, 5.74) is -1.81. The molecule has 0 unspecified atom stereocenters. The van der Waals surface area contributed by atoms with Crippen molar-refractivity contribution in [1.29, 1.82) is 0 Å². The second-order valence-corrected chi connectivity index (χ2v) is 9.20. The number of amides is 1. The van der Waals surface area contributed by atoms with Crippen LogP contribution in [0.2, 0.25) is 0 Å². The quantitative estimate of drug-likeness (QED) is 0.472. The second-order valence-electron chi connectivity index (χ2n) is 9.20. The molecule has 0 bridgehead atoms. The van der Waals surface area contributed by atoms with Crippen LogP contribution in [0.25, 0.3) is 0 Å². The van der Waals surface area contributed by atoms with Crippen LogP contribution in [-0.2, 0) is 26.6 Å². The Morgan fingerprint density at radius 2 is 1.89 bits per heavy atom. The fourth-order valence-electron chi connectivity index (χ4n) is 4.17. The Labute approximate surface area is 204 Å². The summed E-state index contributed by atoms with van der Waals surface area (Å²) in [5.74, 6) is -4.66. The van der Waals surface area contributed by atoms with Crippen LogP contribution in [0.4, 0.5) is 27.8 Å².